The summed E-state index contributed by atoms with van der Waals surface area (Å²) in [5.41, 5.74) is -0.331. The van der Waals surface area contributed by atoms with Crippen LogP contribution in [0, 0.1) is 0 Å². The number of carbonyl (C=O) groups is 1. The van der Waals surface area contributed by atoms with Crippen LogP contribution in [0.3, 0.4) is 0 Å². The van der Waals surface area contributed by atoms with Gasteiger partial charge in [0.15, 0.2) is 0 Å². The second-order valence-corrected chi connectivity index (χ2v) is 5.63. The van der Waals surface area contributed by atoms with E-state index in [0.717, 1.165) is 0 Å². The van der Waals surface area contributed by atoms with Crippen LogP contribution in [0.15, 0.2) is 22.7 Å². The van der Waals surface area contributed by atoms with Gasteiger partial charge in [-0.2, -0.15) is 0 Å². The van der Waals surface area contributed by atoms with E-state index in [0.29, 0.717) is 15.2 Å². The minimum atomic E-state index is -0.504. The van der Waals surface area contributed by atoms with Crippen molar-refractivity contribution in [2.75, 3.05) is 0 Å². The summed E-state index contributed by atoms with van der Waals surface area (Å²) in [6, 6.07) is 5.01. The molecule has 0 atom stereocenters. The molecule has 0 bridgehead atoms. The van der Waals surface area contributed by atoms with Crippen molar-refractivity contribution in [3.63, 3.8) is 0 Å². The third kappa shape index (κ3) is 4.41. The zero-order chi connectivity index (χ0) is 12.3. The Hall–Kier alpha value is -0.740. The molecular weight excluding hydrogens is 293 g/mol. The van der Waals surface area contributed by atoms with Crippen molar-refractivity contribution < 1.29 is 9.53 Å². The molecule has 0 radical (unpaired) electrons. The molecule has 88 valence electrons. The summed E-state index contributed by atoms with van der Waals surface area (Å²) in [7, 11) is 0. The highest BCUT2D eigenvalue weighted by Gasteiger charge is 2.16. The standard InChI is InChI=1S/C11H13BrClNO2/c1-11(2,3)14-10(15)16-9-6-7(13)4-5-8(9)12/h4-6H,1-3H3,(H,14,15). The molecule has 0 saturated heterocycles. The van der Waals surface area contributed by atoms with Crippen LogP contribution in [-0.2, 0) is 0 Å². The van der Waals surface area contributed by atoms with Gasteiger partial charge in [0.2, 0.25) is 0 Å². The highest BCUT2D eigenvalue weighted by Crippen LogP contribution is 2.28. The van der Waals surface area contributed by atoms with Gasteiger partial charge in [-0.05, 0) is 48.8 Å². The Balaban J connectivity index is 2.73. The van der Waals surface area contributed by atoms with Crippen molar-refractivity contribution >= 4 is 33.6 Å². The highest BCUT2D eigenvalue weighted by atomic mass is 79.9. The lowest BCUT2D eigenvalue weighted by Crippen LogP contribution is -2.42. The van der Waals surface area contributed by atoms with E-state index < -0.39 is 6.09 Å². The van der Waals surface area contributed by atoms with E-state index in [1.807, 2.05) is 20.8 Å². The Morgan fingerprint density at radius 2 is 2.06 bits per heavy atom. The lowest BCUT2D eigenvalue weighted by atomic mass is 10.1. The largest absolute Gasteiger partial charge is 0.413 e. The number of rotatable bonds is 1. The molecule has 1 aromatic rings. The SMILES string of the molecule is CC(C)(C)NC(=O)Oc1cc(Cl)ccc1Br. The molecule has 0 spiro atoms. The molecule has 1 N–H and O–H groups in total. The van der Waals surface area contributed by atoms with E-state index in [4.69, 9.17) is 16.3 Å². The summed E-state index contributed by atoms with van der Waals surface area (Å²) >= 11 is 9.08. The summed E-state index contributed by atoms with van der Waals surface area (Å²) in [5, 5.41) is 3.20. The minimum absolute atomic E-state index is 0.331. The summed E-state index contributed by atoms with van der Waals surface area (Å²) in [5.74, 6) is 0.397. The first-order valence-electron chi connectivity index (χ1n) is 4.73. The molecule has 1 amide bonds. The van der Waals surface area contributed by atoms with Crippen molar-refractivity contribution in [2.24, 2.45) is 0 Å². The minimum Gasteiger partial charge on any atom is -0.409 e. The second kappa shape index (κ2) is 5.06. The zero-order valence-electron chi connectivity index (χ0n) is 9.30. The Morgan fingerprint density at radius 1 is 1.44 bits per heavy atom. The van der Waals surface area contributed by atoms with Crippen LogP contribution in [0.4, 0.5) is 4.79 Å². The van der Waals surface area contributed by atoms with E-state index in [2.05, 4.69) is 21.2 Å². The van der Waals surface area contributed by atoms with Crippen LogP contribution in [-0.4, -0.2) is 11.6 Å². The first kappa shape index (κ1) is 13.3. The number of ether oxygens (including phenoxy) is 1. The molecule has 1 aromatic carbocycles. The van der Waals surface area contributed by atoms with Gasteiger partial charge in [0, 0.05) is 16.6 Å². The molecule has 5 heteroatoms. The van der Waals surface area contributed by atoms with Crippen LogP contribution in [0.1, 0.15) is 20.8 Å². The Labute approximate surface area is 108 Å². The van der Waals surface area contributed by atoms with Crippen molar-refractivity contribution in [3.05, 3.63) is 27.7 Å². The number of hydrogen-bond acceptors (Lipinski definition) is 2. The fourth-order valence-electron chi connectivity index (χ4n) is 0.987. The molecule has 1 rings (SSSR count). The first-order chi connectivity index (χ1) is 7.28. The Morgan fingerprint density at radius 3 is 2.62 bits per heavy atom. The topological polar surface area (TPSA) is 38.3 Å². The van der Waals surface area contributed by atoms with E-state index in [1.54, 1.807) is 18.2 Å². The normalized spacial score (nSPS) is 11.1. The van der Waals surface area contributed by atoms with Crippen molar-refractivity contribution in [1.29, 1.82) is 0 Å². The molecule has 16 heavy (non-hydrogen) atoms. The van der Waals surface area contributed by atoms with Crippen molar-refractivity contribution in [2.45, 2.75) is 26.3 Å². The lowest BCUT2D eigenvalue weighted by Gasteiger charge is -2.20. The maximum Gasteiger partial charge on any atom is 0.413 e. The van der Waals surface area contributed by atoms with Gasteiger partial charge in [-0.3, -0.25) is 0 Å². The second-order valence-electron chi connectivity index (χ2n) is 4.34. The molecule has 0 heterocycles. The van der Waals surface area contributed by atoms with Crippen LogP contribution in [0.25, 0.3) is 0 Å². The number of carbonyl (C=O) groups excluding carboxylic acids is 1. The summed E-state index contributed by atoms with van der Waals surface area (Å²) in [6.07, 6.45) is -0.504. The van der Waals surface area contributed by atoms with Crippen LogP contribution in [0.2, 0.25) is 5.02 Å². The maximum absolute atomic E-state index is 11.5. The Kier molecular flexibility index (Phi) is 4.21. The number of benzene rings is 1. The van der Waals surface area contributed by atoms with E-state index >= 15 is 0 Å². The number of hydrogen-bond donors (Lipinski definition) is 1. The van der Waals surface area contributed by atoms with Gasteiger partial charge in [0.1, 0.15) is 5.75 Å². The van der Waals surface area contributed by atoms with Crippen LogP contribution >= 0.6 is 27.5 Å². The summed E-state index contributed by atoms with van der Waals surface area (Å²) < 4.78 is 5.80. The van der Waals surface area contributed by atoms with Gasteiger partial charge in [0.05, 0.1) is 4.47 Å². The van der Waals surface area contributed by atoms with Crippen molar-refractivity contribution in [1.82, 2.24) is 5.32 Å². The van der Waals surface area contributed by atoms with Crippen molar-refractivity contribution in [3.8, 4) is 5.75 Å². The molecule has 0 saturated carbocycles. The molecule has 0 aliphatic rings. The lowest BCUT2D eigenvalue weighted by molar-refractivity contribution is 0.190. The monoisotopic (exact) mass is 305 g/mol. The Bertz CT molecular complexity index is 401. The van der Waals surface area contributed by atoms with Crippen LogP contribution in [0.5, 0.6) is 5.75 Å². The first-order valence-corrected chi connectivity index (χ1v) is 5.90. The summed E-state index contributed by atoms with van der Waals surface area (Å²) in [6.45, 7) is 5.63. The van der Waals surface area contributed by atoms with E-state index in [-0.39, 0.29) is 5.54 Å². The van der Waals surface area contributed by atoms with E-state index in [9.17, 15) is 4.79 Å². The van der Waals surface area contributed by atoms with Gasteiger partial charge in [0.25, 0.3) is 0 Å². The molecule has 0 fully saturated rings. The summed E-state index contributed by atoms with van der Waals surface area (Å²) in [4.78, 5) is 11.5. The van der Waals surface area contributed by atoms with Gasteiger partial charge < -0.3 is 10.1 Å². The molecule has 0 aliphatic carbocycles. The third-order valence-corrected chi connectivity index (χ3v) is 2.46. The van der Waals surface area contributed by atoms with E-state index in [1.165, 1.54) is 0 Å². The zero-order valence-corrected chi connectivity index (χ0v) is 11.6. The molecule has 0 aromatic heterocycles. The van der Waals surface area contributed by atoms with Gasteiger partial charge in [-0.25, -0.2) is 4.79 Å². The quantitative estimate of drug-likeness (QED) is 0.852. The number of halogens is 2. The average molecular weight is 307 g/mol. The van der Waals surface area contributed by atoms with Gasteiger partial charge in [-0.15, -0.1) is 0 Å². The molecule has 0 aliphatic heterocycles. The van der Waals surface area contributed by atoms with Gasteiger partial charge >= 0.3 is 6.09 Å². The maximum atomic E-state index is 11.5. The number of amides is 1. The number of nitrogens with one attached hydrogen (secondary N) is 1. The fourth-order valence-corrected chi connectivity index (χ4v) is 1.48. The molecule has 3 nitrogen and oxygen atoms in total. The predicted molar refractivity (Wildman–Crippen MR) is 68.1 cm³/mol. The smallest absolute Gasteiger partial charge is 0.409 e. The van der Waals surface area contributed by atoms with Crippen LogP contribution < -0.4 is 10.1 Å². The average Bonchev–Trinajstić information content (AvgIpc) is 2.08. The fraction of sp³-hybridized carbons (Fsp3) is 0.364. The van der Waals surface area contributed by atoms with Gasteiger partial charge in [-0.1, -0.05) is 11.6 Å². The predicted octanol–water partition coefficient (Wildman–Crippen LogP) is 3.99. The highest BCUT2D eigenvalue weighted by molar-refractivity contribution is 9.10. The molecular formula is C11H13BrClNO2. The third-order valence-electron chi connectivity index (χ3n) is 1.57. The molecule has 0 unspecified atom stereocenters.